The van der Waals surface area contributed by atoms with E-state index in [0.29, 0.717) is 12.5 Å². The van der Waals surface area contributed by atoms with E-state index in [4.69, 9.17) is 4.74 Å². The van der Waals surface area contributed by atoms with Gasteiger partial charge in [0, 0.05) is 11.9 Å². The number of fused-ring (bicyclic) bond motifs is 1. The molecule has 0 fully saturated rings. The van der Waals surface area contributed by atoms with E-state index in [1.165, 1.54) is 0 Å². The molecule has 0 saturated heterocycles. The molecule has 0 saturated carbocycles. The molecule has 2 aromatic rings. The maximum atomic E-state index is 5.43. The fourth-order valence-electron chi connectivity index (χ4n) is 1.46. The van der Waals surface area contributed by atoms with Crippen LogP contribution in [0.4, 0.5) is 0 Å². The molecule has 4 heteroatoms. The summed E-state index contributed by atoms with van der Waals surface area (Å²) in [4.78, 5) is 0.923. The Kier molecular flexibility index (Phi) is 2.37. The first-order chi connectivity index (χ1) is 6.72. The van der Waals surface area contributed by atoms with Crippen LogP contribution in [0.1, 0.15) is 6.92 Å². The van der Waals surface area contributed by atoms with Crippen molar-refractivity contribution in [1.29, 1.82) is 0 Å². The van der Waals surface area contributed by atoms with Gasteiger partial charge in [-0.1, -0.05) is 0 Å². The molecule has 0 aliphatic carbocycles. The summed E-state index contributed by atoms with van der Waals surface area (Å²) in [6, 6.07) is 5.91. The number of benzene rings is 1. The quantitative estimate of drug-likeness (QED) is 0.766. The van der Waals surface area contributed by atoms with Gasteiger partial charge in [0.15, 0.2) is 0 Å². The number of hydrogen-bond donors (Lipinski definition) is 1. The van der Waals surface area contributed by atoms with Crippen molar-refractivity contribution in [3.63, 3.8) is 0 Å². The highest BCUT2D eigenvalue weighted by molar-refractivity contribution is 7.80. The standard InChI is InChI=1S/C10H12N2OS/c1-3-13-10-8-6-7(14)4-5-9(8)12(2)11-10/h4-6,14H,3H2,1-2H3. The van der Waals surface area contributed by atoms with Crippen LogP contribution in [0.25, 0.3) is 10.9 Å². The van der Waals surface area contributed by atoms with Crippen LogP contribution < -0.4 is 4.74 Å². The van der Waals surface area contributed by atoms with Gasteiger partial charge >= 0.3 is 0 Å². The Labute approximate surface area is 88.1 Å². The van der Waals surface area contributed by atoms with Gasteiger partial charge in [-0.25, -0.2) is 0 Å². The smallest absolute Gasteiger partial charge is 0.240 e. The first-order valence-corrected chi connectivity index (χ1v) is 4.95. The Bertz CT molecular complexity index is 464. The monoisotopic (exact) mass is 208 g/mol. The predicted molar refractivity (Wildman–Crippen MR) is 59.1 cm³/mol. The van der Waals surface area contributed by atoms with Crippen molar-refractivity contribution < 1.29 is 4.74 Å². The molecule has 0 aliphatic rings. The zero-order valence-electron chi connectivity index (χ0n) is 8.19. The van der Waals surface area contributed by atoms with Crippen molar-refractivity contribution in [2.45, 2.75) is 11.8 Å². The van der Waals surface area contributed by atoms with Crippen molar-refractivity contribution in [3.05, 3.63) is 18.2 Å². The van der Waals surface area contributed by atoms with E-state index in [1.807, 2.05) is 36.9 Å². The Morgan fingerprint density at radius 3 is 3.00 bits per heavy atom. The van der Waals surface area contributed by atoms with Gasteiger partial charge in [-0.15, -0.1) is 17.7 Å². The molecule has 1 heterocycles. The summed E-state index contributed by atoms with van der Waals surface area (Å²) in [7, 11) is 1.91. The van der Waals surface area contributed by atoms with E-state index >= 15 is 0 Å². The van der Waals surface area contributed by atoms with Crippen LogP contribution in [0.15, 0.2) is 23.1 Å². The zero-order valence-corrected chi connectivity index (χ0v) is 9.08. The van der Waals surface area contributed by atoms with Crippen molar-refractivity contribution in [2.24, 2.45) is 7.05 Å². The minimum absolute atomic E-state index is 0.628. The highest BCUT2D eigenvalue weighted by Gasteiger charge is 2.08. The molecule has 0 unspecified atom stereocenters. The topological polar surface area (TPSA) is 27.1 Å². The lowest BCUT2D eigenvalue weighted by Gasteiger charge is -1.97. The molecule has 1 aromatic heterocycles. The molecular weight excluding hydrogens is 196 g/mol. The van der Waals surface area contributed by atoms with Crippen molar-refractivity contribution >= 4 is 23.5 Å². The third kappa shape index (κ3) is 1.46. The van der Waals surface area contributed by atoms with E-state index in [9.17, 15) is 0 Å². The molecule has 0 atom stereocenters. The van der Waals surface area contributed by atoms with Crippen molar-refractivity contribution in [3.8, 4) is 5.88 Å². The van der Waals surface area contributed by atoms with Gasteiger partial charge < -0.3 is 4.74 Å². The summed E-state index contributed by atoms with van der Waals surface area (Å²) in [5, 5.41) is 5.30. The molecule has 14 heavy (non-hydrogen) atoms. The third-order valence-electron chi connectivity index (χ3n) is 2.08. The molecule has 0 radical (unpaired) electrons. The van der Waals surface area contributed by atoms with Gasteiger partial charge in [-0.2, -0.15) is 0 Å². The van der Waals surface area contributed by atoms with E-state index < -0.39 is 0 Å². The van der Waals surface area contributed by atoms with E-state index in [2.05, 4.69) is 17.7 Å². The van der Waals surface area contributed by atoms with Gasteiger partial charge in [0.1, 0.15) is 0 Å². The third-order valence-corrected chi connectivity index (χ3v) is 2.36. The number of thiol groups is 1. The summed E-state index contributed by atoms with van der Waals surface area (Å²) in [5.74, 6) is 0.681. The van der Waals surface area contributed by atoms with Crippen LogP contribution in [0.3, 0.4) is 0 Å². The summed E-state index contributed by atoms with van der Waals surface area (Å²) in [5.41, 5.74) is 1.06. The number of rotatable bonds is 2. The second-order valence-corrected chi connectivity index (χ2v) is 3.58. The second kappa shape index (κ2) is 3.53. The van der Waals surface area contributed by atoms with Gasteiger partial charge in [0.25, 0.3) is 0 Å². The molecule has 0 aliphatic heterocycles. The van der Waals surface area contributed by atoms with Gasteiger partial charge in [0.2, 0.25) is 5.88 Å². The molecule has 0 amide bonds. The van der Waals surface area contributed by atoms with E-state index in [0.717, 1.165) is 15.8 Å². The largest absolute Gasteiger partial charge is 0.476 e. The summed E-state index contributed by atoms with van der Waals surface area (Å²) >= 11 is 4.29. The Morgan fingerprint density at radius 1 is 1.50 bits per heavy atom. The second-order valence-electron chi connectivity index (χ2n) is 3.06. The van der Waals surface area contributed by atoms with E-state index in [1.54, 1.807) is 0 Å². The van der Waals surface area contributed by atoms with Gasteiger partial charge in [-0.05, 0) is 25.1 Å². The van der Waals surface area contributed by atoms with Crippen LogP contribution in [-0.2, 0) is 7.05 Å². The van der Waals surface area contributed by atoms with Crippen LogP contribution in [0.5, 0.6) is 5.88 Å². The molecule has 74 valence electrons. The summed E-state index contributed by atoms with van der Waals surface area (Å²) in [6.45, 7) is 2.58. The number of ether oxygens (including phenoxy) is 1. The molecule has 3 nitrogen and oxygen atoms in total. The lowest BCUT2D eigenvalue weighted by Crippen LogP contribution is -1.94. The van der Waals surface area contributed by atoms with E-state index in [-0.39, 0.29) is 0 Å². The molecule has 0 N–H and O–H groups in total. The van der Waals surface area contributed by atoms with Gasteiger partial charge in [-0.3, -0.25) is 4.68 Å². The Hall–Kier alpha value is -1.16. The summed E-state index contributed by atoms with van der Waals surface area (Å²) < 4.78 is 7.24. The number of aromatic nitrogens is 2. The molecule has 0 spiro atoms. The molecule has 0 bridgehead atoms. The minimum atomic E-state index is 0.628. The molecule has 1 aromatic carbocycles. The molecule has 2 rings (SSSR count). The lowest BCUT2D eigenvalue weighted by molar-refractivity contribution is 0.326. The number of nitrogens with zero attached hydrogens (tertiary/aromatic N) is 2. The first-order valence-electron chi connectivity index (χ1n) is 4.51. The Balaban J connectivity index is 2.66. The van der Waals surface area contributed by atoms with Crippen LogP contribution in [0, 0.1) is 0 Å². The average molecular weight is 208 g/mol. The average Bonchev–Trinajstić information content (AvgIpc) is 2.44. The number of aryl methyl sites for hydroxylation is 1. The fourth-order valence-corrected chi connectivity index (χ4v) is 1.67. The highest BCUT2D eigenvalue weighted by Crippen LogP contribution is 2.26. The van der Waals surface area contributed by atoms with Crippen LogP contribution in [0.2, 0.25) is 0 Å². The van der Waals surface area contributed by atoms with Gasteiger partial charge in [0.05, 0.1) is 17.5 Å². The number of hydrogen-bond acceptors (Lipinski definition) is 3. The van der Waals surface area contributed by atoms with Crippen LogP contribution in [-0.4, -0.2) is 16.4 Å². The minimum Gasteiger partial charge on any atom is -0.476 e. The zero-order chi connectivity index (χ0) is 10.1. The first kappa shape index (κ1) is 9.40. The lowest BCUT2D eigenvalue weighted by atomic mass is 10.2. The Morgan fingerprint density at radius 2 is 2.29 bits per heavy atom. The maximum Gasteiger partial charge on any atom is 0.240 e. The summed E-state index contributed by atoms with van der Waals surface area (Å²) in [6.07, 6.45) is 0. The van der Waals surface area contributed by atoms with Crippen molar-refractivity contribution in [1.82, 2.24) is 9.78 Å². The van der Waals surface area contributed by atoms with Crippen LogP contribution >= 0.6 is 12.6 Å². The normalized spacial score (nSPS) is 10.8. The highest BCUT2D eigenvalue weighted by atomic mass is 32.1. The molecular formula is C10H12N2OS. The maximum absolute atomic E-state index is 5.43. The predicted octanol–water partition coefficient (Wildman–Crippen LogP) is 2.26. The SMILES string of the molecule is CCOc1nn(C)c2ccc(S)cc12. The fraction of sp³-hybridized carbons (Fsp3) is 0.300. The van der Waals surface area contributed by atoms with Crippen molar-refractivity contribution in [2.75, 3.05) is 6.61 Å².